The molecule has 1 amide bonds. The second-order valence-electron chi connectivity index (χ2n) is 5.29. The van der Waals surface area contributed by atoms with E-state index in [9.17, 15) is 4.79 Å². The molecule has 0 radical (unpaired) electrons. The lowest BCUT2D eigenvalue weighted by atomic mass is 9.88. The summed E-state index contributed by atoms with van der Waals surface area (Å²) in [4.78, 5) is 14.5. The second kappa shape index (κ2) is 5.53. The third-order valence-corrected chi connectivity index (χ3v) is 3.77. The fraction of sp³-hybridized carbons (Fsp3) is 0.533. The van der Waals surface area contributed by atoms with Crippen LogP contribution in [-0.4, -0.2) is 30.4 Å². The Morgan fingerprint density at radius 3 is 2.67 bits per heavy atom. The van der Waals surface area contributed by atoms with Crippen molar-refractivity contribution < 1.29 is 4.79 Å². The van der Waals surface area contributed by atoms with Gasteiger partial charge in [-0.3, -0.25) is 4.79 Å². The van der Waals surface area contributed by atoms with Gasteiger partial charge in [0.25, 0.3) is 0 Å². The Kier molecular flexibility index (Phi) is 4.02. The van der Waals surface area contributed by atoms with E-state index in [2.05, 4.69) is 24.4 Å². The zero-order valence-electron chi connectivity index (χ0n) is 11.3. The first-order valence-electron chi connectivity index (χ1n) is 6.70. The van der Waals surface area contributed by atoms with Gasteiger partial charge < -0.3 is 10.2 Å². The molecule has 0 aliphatic carbocycles. The van der Waals surface area contributed by atoms with Crippen molar-refractivity contribution in [2.24, 2.45) is 5.41 Å². The molecule has 1 saturated heterocycles. The number of nitrogens with one attached hydrogen (secondary N) is 1. The molecule has 3 heteroatoms. The monoisotopic (exact) mass is 246 g/mol. The topological polar surface area (TPSA) is 32.3 Å². The molecule has 98 valence electrons. The highest BCUT2D eigenvalue weighted by molar-refractivity contribution is 5.83. The van der Waals surface area contributed by atoms with E-state index in [1.165, 1.54) is 5.56 Å². The molecule has 0 bridgehead atoms. The van der Waals surface area contributed by atoms with Crippen molar-refractivity contribution in [3.63, 3.8) is 0 Å². The highest BCUT2D eigenvalue weighted by atomic mass is 16.2. The van der Waals surface area contributed by atoms with E-state index in [4.69, 9.17) is 0 Å². The number of amides is 1. The number of rotatable bonds is 4. The summed E-state index contributed by atoms with van der Waals surface area (Å²) in [7, 11) is 0. The molecule has 1 aromatic rings. The van der Waals surface area contributed by atoms with Crippen molar-refractivity contribution in [3.05, 3.63) is 35.9 Å². The average molecular weight is 246 g/mol. The normalized spacial score (nSPS) is 23.0. The molecule has 2 rings (SSSR count). The van der Waals surface area contributed by atoms with Crippen molar-refractivity contribution in [3.8, 4) is 0 Å². The molecule has 1 N–H and O–H groups in total. The predicted octanol–water partition coefficient (Wildman–Crippen LogP) is 2.03. The lowest BCUT2D eigenvalue weighted by molar-refractivity contribution is -0.140. The highest BCUT2D eigenvalue weighted by Crippen LogP contribution is 2.27. The second-order valence-corrected chi connectivity index (χ2v) is 5.29. The Balaban J connectivity index is 2.07. The van der Waals surface area contributed by atoms with Crippen molar-refractivity contribution in [1.82, 2.24) is 10.2 Å². The van der Waals surface area contributed by atoms with Gasteiger partial charge >= 0.3 is 0 Å². The summed E-state index contributed by atoms with van der Waals surface area (Å²) in [6.45, 7) is 7.35. The Morgan fingerprint density at radius 1 is 1.39 bits per heavy atom. The van der Waals surface area contributed by atoms with Gasteiger partial charge in [-0.25, -0.2) is 0 Å². The van der Waals surface area contributed by atoms with Gasteiger partial charge in [-0.15, -0.1) is 0 Å². The molecule has 3 nitrogen and oxygen atoms in total. The number of hydrogen-bond acceptors (Lipinski definition) is 2. The van der Waals surface area contributed by atoms with Gasteiger partial charge in [-0.1, -0.05) is 30.3 Å². The number of carbonyl (C=O) groups excluding carboxylic acids is 1. The zero-order valence-corrected chi connectivity index (χ0v) is 11.3. The summed E-state index contributed by atoms with van der Waals surface area (Å²) in [6, 6.07) is 10.2. The third-order valence-electron chi connectivity index (χ3n) is 3.77. The zero-order chi connectivity index (χ0) is 13.0. The van der Waals surface area contributed by atoms with Crippen LogP contribution >= 0.6 is 0 Å². The molecule has 1 aliphatic rings. The Bertz CT molecular complexity index is 396. The van der Waals surface area contributed by atoms with Crippen molar-refractivity contribution in [2.45, 2.75) is 26.8 Å². The van der Waals surface area contributed by atoms with E-state index in [0.29, 0.717) is 6.54 Å². The van der Waals surface area contributed by atoms with E-state index < -0.39 is 0 Å². The minimum absolute atomic E-state index is 0.217. The standard InChI is InChI=1S/C15H22N2O/c1-3-17(11-13-7-5-4-6-8-13)14(18)15(2)9-10-16-12-15/h4-8,16H,3,9-12H2,1-2H3. The lowest BCUT2D eigenvalue weighted by Crippen LogP contribution is -2.43. The maximum atomic E-state index is 12.6. The summed E-state index contributed by atoms with van der Waals surface area (Å²) in [6.07, 6.45) is 0.942. The molecular formula is C15H22N2O. The number of hydrogen-bond donors (Lipinski definition) is 1. The van der Waals surface area contributed by atoms with Crippen LogP contribution in [0.15, 0.2) is 30.3 Å². The van der Waals surface area contributed by atoms with Crippen LogP contribution in [0.5, 0.6) is 0 Å². The number of nitrogens with zero attached hydrogens (tertiary/aromatic N) is 1. The lowest BCUT2D eigenvalue weighted by Gasteiger charge is -2.30. The van der Waals surface area contributed by atoms with E-state index in [0.717, 1.165) is 26.1 Å². The molecule has 1 atom stereocenters. The van der Waals surface area contributed by atoms with Gasteiger partial charge in [-0.2, -0.15) is 0 Å². The molecule has 0 spiro atoms. The minimum Gasteiger partial charge on any atom is -0.338 e. The van der Waals surface area contributed by atoms with Gasteiger partial charge in [-0.05, 0) is 32.4 Å². The third kappa shape index (κ3) is 2.72. The molecule has 18 heavy (non-hydrogen) atoms. The minimum atomic E-state index is -0.217. The van der Waals surface area contributed by atoms with Crippen LogP contribution in [0, 0.1) is 5.41 Å². The van der Waals surface area contributed by atoms with E-state index in [1.54, 1.807) is 0 Å². The van der Waals surface area contributed by atoms with Crippen molar-refractivity contribution >= 4 is 5.91 Å². The molecule has 0 aromatic heterocycles. The van der Waals surface area contributed by atoms with Gasteiger partial charge in [0.05, 0.1) is 5.41 Å². The van der Waals surface area contributed by atoms with Crippen LogP contribution in [0.2, 0.25) is 0 Å². The quantitative estimate of drug-likeness (QED) is 0.881. The SMILES string of the molecule is CCN(Cc1ccccc1)C(=O)C1(C)CCNC1. The first-order chi connectivity index (χ1) is 8.65. The molecule has 1 heterocycles. The summed E-state index contributed by atoms with van der Waals surface area (Å²) in [5.74, 6) is 0.277. The van der Waals surface area contributed by atoms with Crippen LogP contribution in [0.3, 0.4) is 0 Å². The number of carbonyl (C=O) groups is 1. The van der Waals surface area contributed by atoms with Crippen molar-refractivity contribution in [1.29, 1.82) is 0 Å². The van der Waals surface area contributed by atoms with Crippen LogP contribution in [0.4, 0.5) is 0 Å². The molecular weight excluding hydrogens is 224 g/mol. The van der Waals surface area contributed by atoms with Crippen LogP contribution in [-0.2, 0) is 11.3 Å². The number of benzene rings is 1. The predicted molar refractivity (Wildman–Crippen MR) is 73.1 cm³/mol. The summed E-state index contributed by atoms with van der Waals surface area (Å²) in [5.41, 5.74) is 0.979. The van der Waals surface area contributed by atoms with Gasteiger partial charge in [0.2, 0.25) is 5.91 Å². The Hall–Kier alpha value is -1.35. The summed E-state index contributed by atoms with van der Waals surface area (Å²) < 4.78 is 0. The smallest absolute Gasteiger partial charge is 0.230 e. The Morgan fingerprint density at radius 2 is 2.11 bits per heavy atom. The summed E-state index contributed by atoms with van der Waals surface area (Å²) in [5, 5.41) is 3.29. The first-order valence-corrected chi connectivity index (χ1v) is 6.70. The van der Waals surface area contributed by atoms with Crippen LogP contribution in [0.25, 0.3) is 0 Å². The molecule has 1 unspecified atom stereocenters. The maximum Gasteiger partial charge on any atom is 0.230 e. The molecule has 0 saturated carbocycles. The molecule has 1 aromatic carbocycles. The van der Waals surface area contributed by atoms with Gasteiger partial charge in [0.15, 0.2) is 0 Å². The van der Waals surface area contributed by atoms with Crippen LogP contribution in [0.1, 0.15) is 25.8 Å². The van der Waals surface area contributed by atoms with E-state index in [1.807, 2.05) is 30.0 Å². The van der Waals surface area contributed by atoms with E-state index in [-0.39, 0.29) is 11.3 Å². The van der Waals surface area contributed by atoms with Gasteiger partial charge in [0.1, 0.15) is 0 Å². The van der Waals surface area contributed by atoms with Crippen molar-refractivity contribution in [2.75, 3.05) is 19.6 Å². The summed E-state index contributed by atoms with van der Waals surface area (Å²) >= 11 is 0. The fourth-order valence-corrected chi connectivity index (χ4v) is 2.51. The van der Waals surface area contributed by atoms with E-state index >= 15 is 0 Å². The first kappa shape index (κ1) is 13.1. The average Bonchev–Trinajstić information content (AvgIpc) is 2.84. The molecule has 1 aliphatic heterocycles. The van der Waals surface area contributed by atoms with Crippen LogP contribution < -0.4 is 5.32 Å². The highest BCUT2D eigenvalue weighted by Gasteiger charge is 2.38. The Labute approximate surface area is 109 Å². The largest absolute Gasteiger partial charge is 0.338 e. The fourth-order valence-electron chi connectivity index (χ4n) is 2.51. The maximum absolute atomic E-state index is 12.6. The molecule has 1 fully saturated rings. The van der Waals surface area contributed by atoms with Gasteiger partial charge in [0, 0.05) is 19.6 Å².